The van der Waals surface area contributed by atoms with E-state index in [1.807, 2.05) is 13.0 Å². The van der Waals surface area contributed by atoms with Gasteiger partial charge in [0, 0.05) is 36.8 Å². The van der Waals surface area contributed by atoms with Crippen molar-refractivity contribution in [3.8, 4) is 0 Å². The largest absolute Gasteiger partial charge is 0.462 e. The number of anilines is 1. The van der Waals surface area contributed by atoms with Crippen molar-refractivity contribution in [3.05, 3.63) is 35.5 Å². The van der Waals surface area contributed by atoms with Gasteiger partial charge in [-0.1, -0.05) is 11.6 Å². The molecule has 2 aliphatic heterocycles. The Bertz CT molecular complexity index is 858. The number of hydrogen-bond acceptors (Lipinski definition) is 5. The standard InChI is InChI=1S/C23H31N3O2/c1-4-28-23(27)20-15-24-21-8-7-16(2)14-19(21)22(20)25-12-9-18(10-13-25)26-11-5-6-17(26)3/h7-8,14-15,17-18H,4-6,9-13H2,1-3H3. The lowest BCUT2D eigenvalue weighted by atomic mass is 9.99. The van der Waals surface area contributed by atoms with Crippen molar-refractivity contribution in [3.63, 3.8) is 0 Å². The van der Waals surface area contributed by atoms with Crippen LogP contribution in [0.3, 0.4) is 0 Å². The Kier molecular flexibility index (Phi) is 5.54. The van der Waals surface area contributed by atoms with Gasteiger partial charge in [-0.25, -0.2) is 4.79 Å². The summed E-state index contributed by atoms with van der Waals surface area (Å²) in [4.78, 5) is 22.3. The Hall–Kier alpha value is -2.14. The predicted molar refractivity (Wildman–Crippen MR) is 113 cm³/mol. The molecule has 28 heavy (non-hydrogen) atoms. The van der Waals surface area contributed by atoms with Gasteiger partial charge in [-0.15, -0.1) is 0 Å². The molecular formula is C23H31N3O2. The number of aromatic nitrogens is 1. The zero-order valence-electron chi connectivity index (χ0n) is 17.3. The van der Waals surface area contributed by atoms with Gasteiger partial charge in [0.25, 0.3) is 0 Å². The van der Waals surface area contributed by atoms with Gasteiger partial charge >= 0.3 is 5.97 Å². The fourth-order valence-corrected chi connectivity index (χ4v) is 4.91. The lowest BCUT2D eigenvalue weighted by Gasteiger charge is -2.40. The molecule has 2 aromatic rings. The van der Waals surface area contributed by atoms with Crippen LogP contribution in [0.2, 0.25) is 0 Å². The number of rotatable bonds is 4. The number of piperidine rings is 1. The Morgan fingerprint density at radius 1 is 1.21 bits per heavy atom. The SMILES string of the molecule is CCOC(=O)c1cnc2ccc(C)cc2c1N1CCC(N2CCCC2C)CC1. The lowest BCUT2D eigenvalue weighted by molar-refractivity contribution is 0.0526. The Morgan fingerprint density at radius 2 is 2.00 bits per heavy atom. The molecule has 2 saturated heterocycles. The Labute approximate surface area is 167 Å². The maximum atomic E-state index is 12.7. The smallest absolute Gasteiger partial charge is 0.341 e. The lowest BCUT2D eigenvalue weighted by Crippen LogP contribution is -2.46. The summed E-state index contributed by atoms with van der Waals surface area (Å²) in [6, 6.07) is 7.63. The molecule has 1 atom stereocenters. The van der Waals surface area contributed by atoms with E-state index in [1.54, 1.807) is 6.20 Å². The summed E-state index contributed by atoms with van der Waals surface area (Å²) in [5.41, 5.74) is 3.70. The normalized spacial score (nSPS) is 21.4. The Balaban J connectivity index is 1.66. The summed E-state index contributed by atoms with van der Waals surface area (Å²) in [6.45, 7) is 9.83. The van der Waals surface area contributed by atoms with Crippen molar-refractivity contribution in [2.75, 3.05) is 31.1 Å². The van der Waals surface area contributed by atoms with E-state index in [2.05, 4.69) is 40.8 Å². The third-order valence-corrected chi connectivity index (χ3v) is 6.34. The number of ether oxygens (including phenoxy) is 1. The van der Waals surface area contributed by atoms with Crippen molar-refractivity contribution in [1.29, 1.82) is 0 Å². The Morgan fingerprint density at radius 3 is 2.68 bits per heavy atom. The average Bonchev–Trinajstić information content (AvgIpc) is 3.13. The van der Waals surface area contributed by atoms with Crippen LogP contribution in [0.15, 0.2) is 24.4 Å². The molecular weight excluding hydrogens is 350 g/mol. The maximum Gasteiger partial charge on any atom is 0.341 e. The van der Waals surface area contributed by atoms with Crippen molar-refractivity contribution < 1.29 is 9.53 Å². The molecule has 0 aliphatic carbocycles. The first kappa shape index (κ1) is 19.2. The quantitative estimate of drug-likeness (QED) is 0.744. The van der Waals surface area contributed by atoms with E-state index in [0.29, 0.717) is 24.3 Å². The minimum absolute atomic E-state index is 0.274. The molecule has 0 N–H and O–H groups in total. The van der Waals surface area contributed by atoms with Gasteiger partial charge < -0.3 is 9.64 Å². The van der Waals surface area contributed by atoms with E-state index in [9.17, 15) is 4.79 Å². The summed E-state index contributed by atoms with van der Waals surface area (Å²) in [7, 11) is 0. The number of aryl methyl sites for hydroxylation is 1. The van der Waals surface area contributed by atoms with Crippen LogP contribution in [0.1, 0.15) is 55.5 Å². The molecule has 2 fully saturated rings. The van der Waals surface area contributed by atoms with Crippen LogP contribution in [0.25, 0.3) is 10.9 Å². The molecule has 1 unspecified atom stereocenters. The number of nitrogens with zero attached hydrogens (tertiary/aromatic N) is 3. The first-order chi connectivity index (χ1) is 13.6. The molecule has 4 rings (SSSR count). The van der Waals surface area contributed by atoms with Crippen LogP contribution in [0.5, 0.6) is 0 Å². The molecule has 150 valence electrons. The second-order valence-corrected chi connectivity index (χ2v) is 8.21. The molecule has 0 radical (unpaired) electrons. The highest BCUT2D eigenvalue weighted by Gasteiger charge is 2.32. The van der Waals surface area contributed by atoms with Gasteiger partial charge in [0.05, 0.1) is 17.8 Å². The van der Waals surface area contributed by atoms with E-state index in [1.165, 1.54) is 24.9 Å². The van der Waals surface area contributed by atoms with Gasteiger partial charge in [-0.3, -0.25) is 9.88 Å². The third kappa shape index (κ3) is 3.60. The molecule has 3 heterocycles. The van der Waals surface area contributed by atoms with E-state index in [0.717, 1.165) is 42.5 Å². The van der Waals surface area contributed by atoms with Crippen LogP contribution < -0.4 is 4.90 Å². The molecule has 1 aromatic carbocycles. The number of benzene rings is 1. The summed E-state index contributed by atoms with van der Waals surface area (Å²) < 4.78 is 5.34. The third-order valence-electron chi connectivity index (χ3n) is 6.34. The average molecular weight is 382 g/mol. The minimum atomic E-state index is -0.274. The number of carbonyl (C=O) groups excluding carboxylic acids is 1. The van der Waals surface area contributed by atoms with Crippen molar-refractivity contribution in [1.82, 2.24) is 9.88 Å². The van der Waals surface area contributed by atoms with Crippen LogP contribution >= 0.6 is 0 Å². The maximum absolute atomic E-state index is 12.7. The number of carbonyl (C=O) groups is 1. The molecule has 0 saturated carbocycles. The summed E-state index contributed by atoms with van der Waals surface area (Å²) in [6.07, 6.45) is 6.62. The van der Waals surface area contributed by atoms with E-state index < -0.39 is 0 Å². The fourth-order valence-electron chi connectivity index (χ4n) is 4.91. The van der Waals surface area contributed by atoms with Crippen LogP contribution in [-0.4, -0.2) is 54.2 Å². The van der Waals surface area contributed by atoms with E-state index >= 15 is 0 Å². The zero-order valence-corrected chi connectivity index (χ0v) is 17.3. The highest BCUT2D eigenvalue weighted by Crippen LogP contribution is 2.34. The molecule has 5 nitrogen and oxygen atoms in total. The van der Waals surface area contributed by atoms with Crippen molar-refractivity contribution in [2.45, 2.75) is 58.5 Å². The topological polar surface area (TPSA) is 45.7 Å². The number of pyridine rings is 1. The zero-order chi connectivity index (χ0) is 19.7. The second-order valence-electron chi connectivity index (χ2n) is 8.21. The minimum Gasteiger partial charge on any atom is -0.462 e. The van der Waals surface area contributed by atoms with Crippen LogP contribution in [0.4, 0.5) is 5.69 Å². The van der Waals surface area contributed by atoms with Gasteiger partial charge in [-0.05, 0) is 65.1 Å². The second kappa shape index (κ2) is 8.08. The molecule has 0 spiro atoms. The molecule has 1 aromatic heterocycles. The number of esters is 1. The van der Waals surface area contributed by atoms with Gasteiger partial charge in [-0.2, -0.15) is 0 Å². The highest BCUT2D eigenvalue weighted by molar-refractivity contribution is 6.05. The monoisotopic (exact) mass is 381 g/mol. The van der Waals surface area contributed by atoms with Crippen LogP contribution in [0, 0.1) is 6.92 Å². The van der Waals surface area contributed by atoms with Crippen molar-refractivity contribution >= 4 is 22.6 Å². The van der Waals surface area contributed by atoms with Crippen molar-refractivity contribution in [2.24, 2.45) is 0 Å². The molecule has 2 aliphatic rings. The molecule has 0 bridgehead atoms. The first-order valence-corrected chi connectivity index (χ1v) is 10.7. The van der Waals surface area contributed by atoms with Gasteiger partial charge in [0.2, 0.25) is 0 Å². The first-order valence-electron chi connectivity index (χ1n) is 10.7. The number of hydrogen-bond donors (Lipinski definition) is 0. The highest BCUT2D eigenvalue weighted by atomic mass is 16.5. The van der Waals surface area contributed by atoms with E-state index in [-0.39, 0.29) is 5.97 Å². The predicted octanol–water partition coefficient (Wildman–Crippen LogP) is 4.17. The number of likely N-dealkylation sites (tertiary alicyclic amines) is 1. The van der Waals surface area contributed by atoms with E-state index in [4.69, 9.17) is 4.74 Å². The molecule has 5 heteroatoms. The van der Waals surface area contributed by atoms with Crippen LogP contribution in [-0.2, 0) is 4.74 Å². The van der Waals surface area contributed by atoms with Gasteiger partial charge in [0.15, 0.2) is 0 Å². The summed E-state index contributed by atoms with van der Waals surface area (Å²) in [5, 5.41) is 1.05. The number of fused-ring (bicyclic) bond motifs is 1. The van der Waals surface area contributed by atoms with Gasteiger partial charge in [0.1, 0.15) is 5.56 Å². The fraction of sp³-hybridized carbons (Fsp3) is 0.565. The molecule has 0 amide bonds. The summed E-state index contributed by atoms with van der Waals surface area (Å²) >= 11 is 0. The summed E-state index contributed by atoms with van der Waals surface area (Å²) in [5.74, 6) is -0.274.